The molecule has 0 spiro atoms. The van der Waals surface area contributed by atoms with Crippen molar-refractivity contribution in [2.45, 2.75) is 97.4 Å². The van der Waals surface area contributed by atoms with Gasteiger partial charge in [-0.3, -0.25) is 9.67 Å². The maximum absolute atomic E-state index is 5.10. The van der Waals surface area contributed by atoms with Gasteiger partial charge in [-0.2, -0.15) is 5.10 Å². The van der Waals surface area contributed by atoms with Crippen LogP contribution in [0.1, 0.15) is 97.2 Å². The van der Waals surface area contributed by atoms with Crippen LogP contribution in [0.4, 0.5) is 0 Å². The first-order valence-corrected chi connectivity index (χ1v) is 14.8. The van der Waals surface area contributed by atoms with Crippen LogP contribution >= 0.6 is 0 Å². The second kappa shape index (κ2) is 10.4. The van der Waals surface area contributed by atoms with E-state index in [0.29, 0.717) is 6.54 Å². The molecule has 0 atom stereocenters. The van der Waals surface area contributed by atoms with Crippen LogP contribution in [-0.4, -0.2) is 29.7 Å². The highest BCUT2D eigenvalue weighted by Crippen LogP contribution is 2.44. The smallest absolute Gasteiger partial charge is 0.115 e. The van der Waals surface area contributed by atoms with Crippen molar-refractivity contribution in [3.8, 4) is 11.4 Å². The second-order valence-corrected chi connectivity index (χ2v) is 14.6. The summed E-state index contributed by atoms with van der Waals surface area (Å²) in [4.78, 5) is 18.5. The van der Waals surface area contributed by atoms with E-state index in [4.69, 9.17) is 15.1 Å². The van der Waals surface area contributed by atoms with Crippen molar-refractivity contribution < 1.29 is 0 Å². The van der Waals surface area contributed by atoms with E-state index in [1.807, 2.05) is 24.8 Å². The van der Waals surface area contributed by atoms with Gasteiger partial charge in [0.15, 0.2) is 0 Å². The summed E-state index contributed by atoms with van der Waals surface area (Å²) in [6.07, 6.45) is 9.36. The predicted molar refractivity (Wildman–Crippen MR) is 172 cm³/mol. The largest absolute Gasteiger partial charge is 0.259 e. The van der Waals surface area contributed by atoms with Crippen LogP contribution in [-0.2, 0) is 28.2 Å². The number of hydrogen-bond donors (Lipinski definition) is 0. The Kier molecular flexibility index (Phi) is 7.33. The van der Waals surface area contributed by atoms with Crippen LogP contribution in [0.15, 0.2) is 73.6 Å². The molecule has 0 radical (unpaired) electrons. The van der Waals surface area contributed by atoms with Gasteiger partial charge < -0.3 is 0 Å². The number of pyridine rings is 2. The fourth-order valence-corrected chi connectivity index (χ4v) is 5.30. The van der Waals surface area contributed by atoms with Gasteiger partial charge in [0.25, 0.3) is 0 Å². The molecule has 1 aromatic carbocycles. The third-order valence-electron chi connectivity index (χ3n) is 9.16. The Balaban J connectivity index is 1.54. The van der Waals surface area contributed by atoms with E-state index in [2.05, 4.69) is 126 Å². The quantitative estimate of drug-likeness (QED) is 0.209. The van der Waals surface area contributed by atoms with Crippen LogP contribution in [0.25, 0.3) is 22.3 Å². The molecule has 0 amide bonds. The lowest BCUT2D eigenvalue weighted by Crippen LogP contribution is -2.40. The molecular formula is C36H44N6. The Hall–Kier alpha value is -3.93. The lowest BCUT2D eigenvalue weighted by molar-refractivity contribution is 0.301. The Morgan fingerprint density at radius 2 is 1.24 bits per heavy atom. The molecule has 42 heavy (non-hydrogen) atoms. The third kappa shape index (κ3) is 5.59. The molecule has 4 aromatic heterocycles. The summed E-state index contributed by atoms with van der Waals surface area (Å²) in [6, 6.07) is 15.3. The third-order valence-corrected chi connectivity index (χ3v) is 9.16. The number of hydrogen-bond acceptors (Lipinski definition) is 5. The Morgan fingerprint density at radius 1 is 0.595 bits per heavy atom. The zero-order valence-corrected chi connectivity index (χ0v) is 26.8. The first-order chi connectivity index (χ1) is 19.6. The summed E-state index contributed by atoms with van der Waals surface area (Å²) >= 11 is 0. The van der Waals surface area contributed by atoms with Gasteiger partial charge in [-0.1, -0.05) is 87.4 Å². The SMILES string of the molecule is CC(C)(C)c1ccc(-c2cc(C(C)(C)C)cc(Cn3ncc4ccc(C(C)(C)C(C)(C)c5cncnc5)cc43)n2)nc1. The minimum Gasteiger partial charge on any atom is -0.259 e. The molecule has 0 saturated carbocycles. The van der Waals surface area contributed by atoms with Crippen LogP contribution < -0.4 is 0 Å². The molecule has 5 rings (SSSR count). The van der Waals surface area contributed by atoms with Crippen LogP contribution in [0.3, 0.4) is 0 Å². The maximum Gasteiger partial charge on any atom is 0.115 e. The van der Waals surface area contributed by atoms with E-state index in [1.54, 1.807) is 6.33 Å². The van der Waals surface area contributed by atoms with E-state index in [-0.39, 0.29) is 21.7 Å². The van der Waals surface area contributed by atoms with E-state index in [9.17, 15) is 0 Å². The summed E-state index contributed by atoms with van der Waals surface area (Å²) in [5.41, 5.74) is 8.27. The minimum absolute atomic E-state index is 0.0338. The van der Waals surface area contributed by atoms with Gasteiger partial charge in [0.1, 0.15) is 6.33 Å². The van der Waals surface area contributed by atoms with Gasteiger partial charge >= 0.3 is 0 Å². The lowest BCUT2D eigenvalue weighted by Gasteiger charge is -2.42. The Bertz CT molecular complexity index is 1700. The van der Waals surface area contributed by atoms with E-state index in [1.165, 1.54) is 16.7 Å². The van der Waals surface area contributed by atoms with E-state index in [0.717, 1.165) is 33.5 Å². The van der Waals surface area contributed by atoms with Crippen molar-refractivity contribution in [3.63, 3.8) is 0 Å². The van der Waals surface area contributed by atoms with Crippen molar-refractivity contribution >= 4 is 10.9 Å². The normalized spacial score (nSPS) is 13.1. The number of rotatable bonds is 6. The highest BCUT2D eigenvalue weighted by molar-refractivity contribution is 5.80. The topological polar surface area (TPSA) is 69.4 Å². The second-order valence-electron chi connectivity index (χ2n) is 14.6. The predicted octanol–water partition coefficient (Wildman–Crippen LogP) is 8.18. The van der Waals surface area contributed by atoms with Gasteiger partial charge in [-0.05, 0) is 62.8 Å². The molecule has 0 aliphatic rings. The summed E-state index contributed by atoms with van der Waals surface area (Å²) in [6.45, 7) is 23.0. The van der Waals surface area contributed by atoms with E-state index >= 15 is 0 Å². The van der Waals surface area contributed by atoms with Crippen LogP contribution in [0, 0.1) is 0 Å². The molecule has 6 nitrogen and oxygen atoms in total. The molecule has 0 fully saturated rings. The minimum atomic E-state index is -0.195. The van der Waals surface area contributed by atoms with Gasteiger partial charge in [0, 0.05) is 29.4 Å². The van der Waals surface area contributed by atoms with E-state index < -0.39 is 0 Å². The standard InChI is InChI=1S/C36H44N6/c1-33(2,3)26-13-14-30(39-21-26)31-16-27(34(4,5)6)15-29(41-31)22-42-32-17-25(12-11-24(32)18-40-42)35(7,8)36(9,10)28-19-37-23-38-20-28/h11-21,23H,22H2,1-10H3. The molecule has 0 N–H and O–H groups in total. The molecule has 5 aromatic rings. The Labute approximate surface area is 250 Å². The average Bonchev–Trinajstić information content (AvgIpc) is 3.34. The lowest BCUT2D eigenvalue weighted by atomic mass is 9.61. The number of fused-ring (bicyclic) bond motifs is 1. The van der Waals surface area contributed by atoms with Crippen LogP contribution in [0.5, 0.6) is 0 Å². The summed E-state index contributed by atoms with van der Waals surface area (Å²) in [5, 5.41) is 5.92. The Morgan fingerprint density at radius 3 is 1.86 bits per heavy atom. The van der Waals surface area contributed by atoms with Crippen molar-refractivity contribution in [1.82, 2.24) is 29.7 Å². The van der Waals surface area contributed by atoms with Gasteiger partial charge in [-0.25, -0.2) is 15.0 Å². The fourth-order valence-electron chi connectivity index (χ4n) is 5.30. The first-order valence-electron chi connectivity index (χ1n) is 14.8. The number of benzene rings is 1. The maximum atomic E-state index is 5.10. The molecule has 0 aliphatic carbocycles. The van der Waals surface area contributed by atoms with Crippen molar-refractivity contribution in [2.24, 2.45) is 0 Å². The molecule has 0 aliphatic heterocycles. The number of aromatic nitrogens is 6. The molecule has 0 saturated heterocycles. The summed E-state index contributed by atoms with van der Waals surface area (Å²) in [7, 11) is 0. The van der Waals surface area contributed by atoms with Gasteiger partial charge in [0.2, 0.25) is 0 Å². The monoisotopic (exact) mass is 560 g/mol. The van der Waals surface area contributed by atoms with Crippen molar-refractivity contribution in [1.29, 1.82) is 0 Å². The first kappa shape index (κ1) is 29.6. The van der Waals surface area contributed by atoms with Gasteiger partial charge in [0.05, 0.1) is 35.3 Å². The van der Waals surface area contributed by atoms with Crippen LogP contribution in [0.2, 0.25) is 0 Å². The van der Waals surface area contributed by atoms with Crippen molar-refractivity contribution in [2.75, 3.05) is 0 Å². The molecular weight excluding hydrogens is 516 g/mol. The molecule has 6 heteroatoms. The highest BCUT2D eigenvalue weighted by Gasteiger charge is 2.40. The molecule has 0 bridgehead atoms. The average molecular weight is 561 g/mol. The van der Waals surface area contributed by atoms with Crippen molar-refractivity contribution in [3.05, 3.63) is 102 Å². The molecule has 0 unspecified atom stereocenters. The van der Waals surface area contributed by atoms with Gasteiger partial charge in [-0.15, -0.1) is 0 Å². The molecule has 218 valence electrons. The zero-order valence-electron chi connectivity index (χ0n) is 26.8. The summed E-state index contributed by atoms with van der Waals surface area (Å²) in [5.74, 6) is 0. The highest BCUT2D eigenvalue weighted by atomic mass is 15.3. The fraction of sp³-hybridized carbons (Fsp3) is 0.417. The summed E-state index contributed by atoms with van der Waals surface area (Å²) < 4.78 is 2.07. The zero-order chi connectivity index (χ0) is 30.5. The number of nitrogens with zero attached hydrogens (tertiary/aromatic N) is 6. The molecule has 4 heterocycles.